The summed E-state index contributed by atoms with van der Waals surface area (Å²) < 4.78 is 41.9. The molecule has 0 saturated heterocycles. The summed E-state index contributed by atoms with van der Waals surface area (Å²) in [5, 5.41) is 0. The summed E-state index contributed by atoms with van der Waals surface area (Å²) >= 11 is 0. The van der Waals surface area contributed by atoms with Gasteiger partial charge in [-0.05, 0) is 38.0 Å². The summed E-state index contributed by atoms with van der Waals surface area (Å²) in [7, 11) is 0. The second-order valence-corrected chi connectivity index (χ2v) is 6.82. The lowest BCUT2D eigenvalue weighted by molar-refractivity contribution is -0.154. The van der Waals surface area contributed by atoms with Crippen LogP contribution in [0.5, 0.6) is 5.88 Å². The first-order valence-corrected chi connectivity index (χ1v) is 9.08. The molecule has 0 spiro atoms. The number of halogens is 3. The fraction of sp³-hybridized carbons (Fsp3) is 0.400. The molecule has 2 aromatic heterocycles. The minimum Gasteiger partial charge on any atom is -0.468 e. The molecular formula is C20H23F3N4O. The number of rotatable bonds is 5. The van der Waals surface area contributed by atoms with Gasteiger partial charge >= 0.3 is 6.18 Å². The van der Waals surface area contributed by atoms with Crippen LogP contribution >= 0.6 is 0 Å². The van der Waals surface area contributed by atoms with Crippen molar-refractivity contribution in [3.05, 3.63) is 52.9 Å². The van der Waals surface area contributed by atoms with Crippen molar-refractivity contribution < 1.29 is 17.9 Å². The Labute approximate surface area is 162 Å². The minimum absolute atomic E-state index is 0.00393. The lowest BCUT2D eigenvalue weighted by atomic mass is 10.1. The molecule has 0 fully saturated rings. The predicted molar refractivity (Wildman–Crippen MR) is 101 cm³/mol. The topological polar surface area (TPSA) is 64.3 Å². The summed E-state index contributed by atoms with van der Waals surface area (Å²) in [6, 6.07) is 3.72. The molecule has 0 radical (unpaired) electrons. The van der Waals surface area contributed by atoms with E-state index in [0.29, 0.717) is 17.9 Å². The van der Waals surface area contributed by atoms with Crippen molar-refractivity contribution in [2.75, 3.05) is 12.3 Å². The monoisotopic (exact) mass is 392 g/mol. The number of aryl methyl sites for hydroxylation is 1. The number of hydrogen-bond donors (Lipinski definition) is 1. The highest BCUT2D eigenvalue weighted by molar-refractivity contribution is 5.74. The maximum absolute atomic E-state index is 12.4. The van der Waals surface area contributed by atoms with Crippen LogP contribution in [0.4, 0.5) is 19.0 Å². The first kappa shape index (κ1) is 20.0. The zero-order valence-electron chi connectivity index (χ0n) is 16.0. The van der Waals surface area contributed by atoms with Crippen LogP contribution < -0.4 is 10.5 Å². The molecule has 150 valence electrons. The van der Waals surface area contributed by atoms with Crippen LogP contribution in [0.1, 0.15) is 48.6 Å². The van der Waals surface area contributed by atoms with Crippen LogP contribution in [-0.2, 0) is 6.54 Å². The van der Waals surface area contributed by atoms with E-state index in [1.54, 1.807) is 19.3 Å². The van der Waals surface area contributed by atoms with Crippen LogP contribution in [0.3, 0.4) is 0 Å². The van der Waals surface area contributed by atoms with Gasteiger partial charge in [-0.25, -0.2) is 9.97 Å². The summed E-state index contributed by atoms with van der Waals surface area (Å²) in [6.07, 6.45) is 1.88. The SMILES string of the molecule is CC/C=C1/c2ccnc(N)c2CN1C(C)c1cnc(OCC(F)(F)F)c(C)c1. The maximum atomic E-state index is 12.4. The molecule has 0 bridgehead atoms. The molecule has 3 heterocycles. The average molecular weight is 392 g/mol. The van der Waals surface area contributed by atoms with Crippen molar-refractivity contribution in [1.29, 1.82) is 0 Å². The molecule has 1 atom stereocenters. The van der Waals surface area contributed by atoms with Gasteiger partial charge in [0.2, 0.25) is 5.88 Å². The number of aromatic nitrogens is 2. The molecule has 0 saturated carbocycles. The van der Waals surface area contributed by atoms with Crippen molar-refractivity contribution >= 4 is 11.5 Å². The third-order valence-electron chi connectivity index (χ3n) is 4.77. The highest BCUT2D eigenvalue weighted by Crippen LogP contribution is 2.41. The summed E-state index contributed by atoms with van der Waals surface area (Å²) in [4.78, 5) is 10.5. The van der Waals surface area contributed by atoms with Gasteiger partial charge in [0.05, 0.1) is 6.04 Å². The normalized spacial score (nSPS) is 16.4. The predicted octanol–water partition coefficient (Wildman–Crippen LogP) is 4.64. The van der Waals surface area contributed by atoms with Crippen LogP contribution in [0, 0.1) is 6.92 Å². The summed E-state index contributed by atoms with van der Waals surface area (Å²) in [5.41, 5.74) is 10.6. The molecule has 1 unspecified atom stereocenters. The third kappa shape index (κ3) is 4.05. The van der Waals surface area contributed by atoms with E-state index in [9.17, 15) is 13.2 Å². The van der Waals surface area contributed by atoms with Gasteiger partial charge in [0.15, 0.2) is 6.61 Å². The number of hydrogen-bond acceptors (Lipinski definition) is 5. The Hall–Kier alpha value is -2.77. The molecule has 3 rings (SSSR count). The van der Waals surface area contributed by atoms with E-state index in [1.165, 1.54) is 0 Å². The number of nitrogens with zero attached hydrogens (tertiary/aromatic N) is 3. The van der Waals surface area contributed by atoms with Gasteiger partial charge in [0.25, 0.3) is 0 Å². The van der Waals surface area contributed by atoms with Crippen molar-refractivity contribution in [1.82, 2.24) is 14.9 Å². The molecule has 28 heavy (non-hydrogen) atoms. The van der Waals surface area contributed by atoms with Crippen LogP contribution in [0.2, 0.25) is 0 Å². The average Bonchev–Trinajstić information content (AvgIpc) is 3.00. The van der Waals surface area contributed by atoms with Gasteiger partial charge in [-0.2, -0.15) is 13.2 Å². The molecule has 1 aliphatic heterocycles. The lowest BCUT2D eigenvalue weighted by Crippen LogP contribution is -2.22. The minimum atomic E-state index is -4.39. The zero-order chi connectivity index (χ0) is 20.5. The van der Waals surface area contributed by atoms with Gasteiger partial charge in [-0.1, -0.05) is 13.0 Å². The number of allylic oxidation sites excluding steroid dienone is 1. The number of pyridine rings is 2. The number of nitrogen functional groups attached to an aromatic ring is 1. The van der Waals surface area contributed by atoms with Crippen molar-refractivity contribution in [2.45, 2.75) is 46.0 Å². The van der Waals surface area contributed by atoms with Gasteiger partial charge in [0, 0.05) is 41.3 Å². The van der Waals surface area contributed by atoms with Gasteiger partial charge in [0.1, 0.15) is 5.82 Å². The molecule has 0 aromatic carbocycles. The molecule has 1 aliphatic rings. The Kier molecular flexibility index (Phi) is 5.49. The van der Waals surface area contributed by atoms with Gasteiger partial charge in [-0.3, -0.25) is 0 Å². The van der Waals surface area contributed by atoms with E-state index in [-0.39, 0.29) is 11.9 Å². The molecule has 5 nitrogen and oxygen atoms in total. The Morgan fingerprint density at radius 3 is 2.75 bits per heavy atom. The molecular weight excluding hydrogens is 369 g/mol. The zero-order valence-corrected chi connectivity index (χ0v) is 16.0. The van der Waals surface area contributed by atoms with E-state index in [1.807, 2.05) is 19.1 Å². The standard InChI is InChI=1S/C20H23F3N4O/c1-4-5-17-15-6-7-25-18(24)16(15)10-27(17)13(3)14-8-12(2)19(26-9-14)28-11-20(21,22)23/h5-9,13H,4,10-11H2,1-3H3,(H2,24,25)/b17-5-. The van der Waals surface area contributed by atoms with Crippen molar-refractivity contribution in [2.24, 2.45) is 0 Å². The molecule has 8 heteroatoms. The molecule has 0 amide bonds. The Morgan fingerprint density at radius 2 is 2.11 bits per heavy atom. The van der Waals surface area contributed by atoms with Crippen LogP contribution in [0.25, 0.3) is 5.70 Å². The maximum Gasteiger partial charge on any atom is 0.422 e. The largest absolute Gasteiger partial charge is 0.468 e. The fourth-order valence-corrected chi connectivity index (χ4v) is 3.38. The Morgan fingerprint density at radius 1 is 1.36 bits per heavy atom. The molecule has 0 aliphatic carbocycles. The van der Waals surface area contributed by atoms with Gasteiger partial charge < -0.3 is 15.4 Å². The summed E-state index contributed by atoms with van der Waals surface area (Å²) in [6.45, 7) is 5.06. The summed E-state index contributed by atoms with van der Waals surface area (Å²) in [5.74, 6) is 0.509. The van der Waals surface area contributed by atoms with Crippen LogP contribution in [-0.4, -0.2) is 27.7 Å². The Bertz CT molecular complexity index is 896. The number of fused-ring (bicyclic) bond motifs is 1. The number of anilines is 1. The van der Waals surface area contributed by atoms with Gasteiger partial charge in [-0.15, -0.1) is 0 Å². The van der Waals surface area contributed by atoms with Crippen molar-refractivity contribution in [3.63, 3.8) is 0 Å². The van der Waals surface area contributed by atoms with E-state index >= 15 is 0 Å². The fourth-order valence-electron chi connectivity index (χ4n) is 3.38. The highest BCUT2D eigenvalue weighted by atomic mass is 19.4. The van der Waals surface area contributed by atoms with E-state index in [0.717, 1.165) is 28.8 Å². The van der Waals surface area contributed by atoms with Crippen LogP contribution in [0.15, 0.2) is 30.6 Å². The highest BCUT2D eigenvalue weighted by Gasteiger charge is 2.31. The number of alkyl halides is 3. The first-order valence-electron chi connectivity index (χ1n) is 9.08. The van der Waals surface area contributed by atoms with E-state index in [2.05, 4.69) is 27.9 Å². The quantitative estimate of drug-likeness (QED) is 0.803. The second kappa shape index (κ2) is 7.69. The number of ether oxygens (including phenoxy) is 1. The first-order chi connectivity index (χ1) is 13.2. The van der Waals surface area contributed by atoms with Crippen molar-refractivity contribution in [3.8, 4) is 5.88 Å². The lowest BCUT2D eigenvalue weighted by Gasteiger charge is -2.28. The van der Waals surface area contributed by atoms with E-state index in [4.69, 9.17) is 10.5 Å². The Balaban J connectivity index is 1.86. The molecule has 2 aromatic rings. The number of nitrogens with two attached hydrogens (primary N) is 1. The third-order valence-corrected chi connectivity index (χ3v) is 4.77. The smallest absolute Gasteiger partial charge is 0.422 e. The second-order valence-electron chi connectivity index (χ2n) is 6.82. The van der Waals surface area contributed by atoms with E-state index < -0.39 is 12.8 Å². The molecule has 2 N–H and O–H groups in total.